The summed E-state index contributed by atoms with van der Waals surface area (Å²) < 4.78 is 69.6. The van der Waals surface area contributed by atoms with Crippen LogP contribution in [0.4, 0.5) is 18.9 Å². The lowest BCUT2D eigenvalue weighted by molar-refractivity contribution is -0.138. The van der Waals surface area contributed by atoms with Crippen LogP contribution in [0.2, 0.25) is 0 Å². The molecule has 4 rings (SSSR count). The first-order chi connectivity index (χ1) is 18.0. The Hall–Kier alpha value is -3.44. The number of carbonyl (C=O) groups excluding carboxylic acids is 2. The maximum atomic E-state index is 13.4. The summed E-state index contributed by atoms with van der Waals surface area (Å²) in [6.07, 6.45) is -2.52. The van der Waals surface area contributed by atoms with E-state index >= 15 is 0 Å². The van der Waals surface area contributed by atoms with Gasteiger partial charge in [-0.15, -0.1) is 0 Å². The van der Waals surface area contributed by atoms with Gasteiger partial charge in [0, 0.05) is 42.0 Å². The summed E-state index contributed by atoms with van der Waals surface area (Å²) in [4.78, 5) is 26.7. The van der Waals surface area contributed by atoms with Crippen LogP contribution in [0.1, 0.15) is 48.5 Å². The van der Waals surface area contributed by atoms with Crippen LogP contribution in [0, 0.1) is 0 Å². The molecule has 1 aliphatic rings. The molecule has 0 bridgehead atoms. The predicted molar refractivity (Wildman–Crippen MR) is 138 cm³/mol. The van der Waals surface area contributed by atoms with Crippen LogP contribution < -0.4 is 10.0 Å². The number of piperidine rings is 1. The standard InChI is InChI=1S/C27H28F3N3O4S/c1-2-7-25(34)33-16-14-18(15-17-33)32-38(36,37)24-13-12-23(19-8-3-4-9-20(19)24)31-26(35)21-10-5-6-11-22(21)27(28,29)30/h3-6,8-13,18,32H,2,7,14-17H2,1H3,(H,31,35). The van der Waals surface area contributed by atoms with Crippen molar-refractivity contribution >= 4 is 38.3 Å². The van der Waals surface area contributed by atoms with Gasteiger partial charge in [0.2, 0.25) is 15.9 Å². The molecule has 0 atom stereocenters. The number of nitrogens with zero attached hydrogens (tertiary/aromatic N) is 1. The average Bonchev–Trinajstić information content (AvgIpc) is 2.88. The van der Waals surface area contributed by atoms with Crippen molar-refractivity contribution in [3.63, 3.8) is 0 Å². The van der Waals surface area contributed by atoms with E-state index in [2.05, 4.69) is 10.0 Å². The Morgan fingerprint density at radius 1 is 0.947 bits per heavy atom. The summed E-state index contributed by atoms with van der Waals surface area (Å²) in [5.74, 6) is -0.892. The van der Waals surface area contributed by atoms with Crippen LogP contribution in [0.15, 0.2) is 65.6 Å². The van der Waals surface area contributed by atoms with Crippen LogP contribution in [0.5, 0.6) is 0 Å². The maximum absolute atomic E-state index is 13.4. The lowest BCUT2D eigenvalue weighted by Crippen LogP contribution is -2.46. The minimum atomic E-state index is -4.71. The zero-order valence-corrected chi connectivity index (χ0v) is 21.5. The molecule has 0 aliphatic carbocycles. The van der Waals surface area contributed by atoms with Gasteiger partial charge in [0.05, 0.1) is 16.0 Å². The number of hydrogen-bond donors (Lipinski definition) is 2. The van der Waals surface area contributed by atoms with E-state index in [4.69, 9.17) is 0 Å². The second-order valence-corrected chi connectivity index (χ2v) is 10.9. The van der Waals surface area contributed by atoms with Crippen LogP contribution in [0.3, 0.4) is 0 Å². The Bertz CT molecular complexity index is 1450. The Kier molecular flexibility index (Phi) is 8.08. The van der Waals surface area contributed by atoms with Gasteiger partial charge in [-0.3, -0.25) is 9.59 Å². The van der Waals surface area contributed by atoms with Gasteiger partial charge < -0.3 is 10.2 Å². The molecule has 1 fully saturated rings. The fourth-order valence-corrected chi connectivity index (χ4v) is 6.15. The van der Waals surface area contributed by atoms with Gasteiger partial charge in [0.15, 0.2) is 0 Å². The number of fused-ring (bicyclic) bond motifs is 1. The second kappa shape index (κ2) is 11.1. The fraction of sp³-hybridized carbons (Fsp3) is 0.333. The molecule has 0 unspecified atom stereocenters. The first kappa shape index (κ1) is 27.6. The third-order valence-electron chi connectivity index (χ3n) is 6.53. The smallest absolute Gasteiger partial charge is 0.343 e. The summed E-state index contributed by atoms with van der Waals surface area (Å²) in [5, 5.41) is 3.19. The number of carbonyl (C=O) groups is 2. The molecule has 1 saturated heterocycles. The quantitative estimate of drug-likeness (QED) is 0.426. The Balaban J connectivity index is 1.57. The summed E-state index contributed by atoms with van der Waals surface area (Å²) in [6.45, 7) is 2.87. The van der Waals surface area contributed by atoms with E-state index in [1.165, 1.54) is 24.3 Å². The highest BCUT2D eigenvalue weighted by Gasteiger charge is 2.35. The largest absolute Gasteiger partial charge is 0.417 e. The first-order valence-corrected chi connectivity index (χ1v) is 13.8. The Morgan fingerprint density at radius 3 is 2.24 bits per heavy atom. The van der Waals surface area contributed by atoms with E-state index in [-0.39, 0.29) is 22.5 Å². The van der Waals surface area contributed by atoms with Crippen molar-refractivity contribution in [2.75, 3.05) is 18.4 Å². The molecule has 1 heterocycles. The molecular weight excluding hydrogens is 519 g/mol. The van der Waals surface area contributed by atoms with E-state index in [1.807, 2.05) is 6.92 Å². The lowest BCUT2D eigenvalue weighted by atomic mass is 10.1. The number of amides is 2. The van der Waals surface area contributed by atoms with Crippen molar-refractivity contribution < 1.29 is 31.2 Å². The highest BCUT2D eigenvalue weighted by atomic mass is 32.2. The molecule has 2 N–H and O–H groups in total. The van der Waals surface area contributed by atoms with Crippen molar-refractivity contribution in [2.24, 2.45) is 0 Å². The minimum Gasteiger partial charge on any atom is -0.343 e. The average molecular weight is 548 g/mol. The summed E-state index contributed by atoms with van der Waals surface area (Å²) in [7, 11) is -3.97. The number of rotatable bonds is 7. The fourth-order valence-electron chi connectivity index (χ4n) is 4.63. The number of benzene rings is 3. The lowest BCUT2D eigenvalue weighted by Gasteiger charge is -2.32. The summed E-state index contributed by atoms with van der Waals surface area (Å²) in [5.41, 5.74) is -1.41. The van der Waals surface area contributed by atoms with Gasteiger partial charge in [0.25, 0.3) is 5.91 Å². The van der Waals surface area contributed by atoms with Crippen LogP contribution in [0.25, 0.3) is 10.8 Å². The molecule has 3 aromatic carbocycles. The van der Waals surface area contributed by atoms with Crippen LogP contribution >= 0.6 is 0 Å². The summed E-state index contributed by atoms with van der Waals surface area (Å²) in [6, 6.07) is 13.3. The number of likely N-dealkylation sites (tertiary alicyclic amines) is 1. The highest BCUT2D eigenvalue weighted by Crippen LogP contribution is 2.34. The molecule has 11 heteroatoms. The van der Waals surface area contributed by atoms with Crippen molar-refractivity contribution in [1.82, 2.24) is 9.62 Å². The number of sulfonamides is 1. The van der Waals surface area contributed by atoms with Crippen molar-refractivity contribution in [3.05, 3.63) is 71.8 Å². The van der Waals surface area contributed by atoms with Gasteiger partial charge >= 0.3 is 6.18 Å². The monoisotopic (exact) mass is 547 g/mol. The van der Waals surface area contributed by atoms with E-state index in [9.17, 15) is 31.2 Å². The van der Waals surface area contributed by atoms with E-state index in [0.717, 1.165) is 18.6 Å². The topological polar surface area (TPSA) is 95.6 Å². The maximum Gasteiger partial charge on any atom is 0.417 e. The zero-order valence-electron chi connectivity index (χ0n) is 20.7. The highest BCUT2D eigenvalue weighted by molar-refractivity contribution is 7.89. The molecule has 3 aromatic rings. The SMILES string of the molecule is CCCC(=O)N1CCC(NS(=O)(=O)c2ccc(NC(=O)c3ccccc3C(F)(F)F)c3ccccc23)CC1. The molecule has 2 amide bonds. The van der Waals surface area contributed by atoms with Crippen molar-refractivity contribution in [2.45, 2.75) is 49.7 Å². The van der Waals surface area contributed by atoms with Crippen molar-refractivity contribution in [3.8, 4) is 0 Å². The number of alkyl halides is 3. The number of halogens is 3. The minimum absolute atomic E-state index is 0.00807. The predicted octanol–water partition coefficient (Wildman–Crippen LogP) is 5.18. The van der Waals surface area contributed by atoms with Crippen LogP contribution in [-0.4, -0.2) is 44.3 Å². The number of hydrogen-bond acceptors (Lipinski definition) is 4. The molecule has 1 aliphatic heterocycles. The van der Waals surface area contributed by atoms with Gasteiger partial charge in [-0.05, 0) is 43.5 Å². The molecule has 0 radical (unpaired) electrons. The van der Waals surface area contributed by atoms with E-state index in [1.54, 1.807) is 29.2 Å². The second-order valence-electron chi connectivity index (χ2n) is 9.18. The molecule has 0 aromatic heterocycles. The summed E-state index contributed by atoms with van der Waals surface area (Å²) >= 11 is 0. The molecule has 0 saturated carbocycles. The molecular formula is C27H28F3N3O4S. The van der Waals surface area contributed by atoms with Crippen molar-refractivity contribution in [1.29, 1.82) is 0 Å². The normalized spacial score (nSPS) is 15.0. The molecule has 38 heavy (non-hydrogen) atoms. The third-order valence-corrected chi connectivity index (χ3v) is 8.11. The molecule has 202 valence electrons. The molecule has 7 nitrogen and oxygen atoms in total. The Morgan fingerprint density at radius 2 is 1.58 bits per heavy atom. The number of anilines is 1. The van der Waals surface area contributed by atoms with Gasteiger partial charge in [-0.2, -0.15) is 13.2 Å². The van der Waals surface area contributed by atoms with E-state index < -0.39 is 33.2 Å². The number of nitrogens with one attached hydrogen (secondary N) is 2. The van der Waals surface area contributed by atoms with Gasteiger partial charge in [0.1, 0.15) is 0 Å². The first-order valence-electron chi connectivity index (χ1n) is 12.3. The van der Waals surface area contributed by atoms with E-state index in [0.29, 0.717) is 43.1 Å². The Labute approximate surface area is 219 Å². The van der Waals surface area contributed by atoms with Crippen LogP contribution in [-0.2, 0) is 21.0 Å². The zero-order chi connectivity index (χ0) is 27.5. The molecule has 0 spiro atoms. The third kappa shape index (κ3) is 5.99. The van der Waals surface area contributed by atoms with Gasteiger partial charge in [-0.25, -0.2) is 13.1 Å². The van der Waals surface area contributed by atoms with Gasteiger partial charge in [-0.1, -0.05) is 43.3 Å².